The van der Waals surface area contributed by atoms with Crippen LogP contribution >= 0.6 is 0 Å². The summed E-state index contributed by atoms with van der Waals surface area (Å²) >= 11 is 0. The zero-order chi connectivity index (χ0) is 23.9. The van der Waals surface area contributed by atoms with Crippen LogP contribution in [0.25, 0.3) is 0 Å². The highest BCUT2D eigenvalue weighted by molar-refractivity contribution is 5.92. The minimum atomic E-state index is -0.438. The van der Waals surface area contributed by atoms with Crippen molar-refractivity contribution < 1.29 is 18.8 Å². The molecule has 5 atom stereocenters. The molecule has 2 saturated carbocycles. The fourth-order valence-electron chi connectivity index (χ4n) is 7.28. The van der Waals surface area contributed by atoms with Gasteiger partial charge in [-0.25, -0.2) is 13.8 Å². The summed E-state index contributed by atoms with van der Waals surface area (Å²) in [7, 11) is 0. The second kappa shape index (κ2) is 9.08. The van der Waals surface area contributed by atoms with E-state index in [0.717, 1.165) is 55.4 Å². The second-order valence-corrected chi connectivity index (χ2v) is 10.4. The second-order valence-electron chi connectivity index (χ2n) is 10.4. The number of aromatic nitrogens is 1. The first-order valence-corrected chi connectivity index (χ1v) is 12.3. The first-order chi connectivity index (χ1) is 16.4. The highest BCUT2D eigenvalue weighted by Crippen LogP contribution is 2.62. The highest BCUT2D eigenvalue weighted by atomic mass is 19.1. The van der Waals surface area contributed by atoms with Gasteiger partial charge in [-0.3, -0.25) is 4.79 Å². The van der Waals surface area contributed by atoms with E-state index in [4.69, 9.17) is 0 Å². The first-order valence-electron chi connectivity index (χ1n) is 12.3. The summed E-state index contributed by atoms with van der Waals surface area (Å²) in [5.41, 5.74) is 2.76. The van der Waals surface area contributed by atoms with E-state index in [1.165, 1.54) is 18.3 Å². The van der Waals surface area contributed by atoms with Gasteiger partial charge in [-0.2, -0.15) is 0 Å². The largest absolute Gasteiger partial charge is 0.411 e. The number of rotatable bonds is 5. The molecule has 3 aliphatic carbocycles. The van der Waals surface area contributed by atoms with E-state index in [1.807, 2.05) is 6.07 Å². The van der Waals surface area contributed by atoms with Gasteiger partial charge in [0.05, 0.1) is 5.71 Å². The van der Waals surface area contributed by atoms with Crippen LogP contribution in [0.15, 0.2) is 41.7 Å². The number of hydrogen-bond acceptors (Lipinski definition) is 4. The molecule has 0 radical (unpaired) electrons. The number of hydrogen-bond donors (Lipinski definition) is 2. The number of fused-ring (bicyclic) bond motifs is 5. The maximum absolute atomic E-state index is 14.5. The monoisotopic (exact) mass is 467 g/mol. The van der Waals surface area contributed by atoms with Gasteiger partial charge in [0.25, 0.3) is 0 Å². The lowest BCUT2D eigenvalue weighted by Crippen LogP contribution is -2.44. The van der Waals surface area contributed by atoms with Crippen molar-refractivity contribution in [2.75, 3.05) is 5.32 Å². The Morgan fingerprint density at radius 2 is 2.15 bits per heavy atom. The van der Waals surface area contributed by atoms with Crippen LogP contribution in [-0.2, 0) is 11.2 Å². The molecule has 0 bridgehead atoms. The third-order valence-corrected chi connectivity index (χ3v) is 8.68. The number of oxime groups is 1. The molecule has 180 valence electrons. The minimum absolute atomic E-state index is 0.0938. The Morgan fingerprint density at radius 3 is 2.94 bits per heavy atom. The van der Waals surface area contributed by atoms with Crippen LogP contribution in [0.5, 0.6) is 0 Å². The number of nitrogens with zero attached hydrogens (tertiary/aromatic N) is 2. The standard InChI is InChI=1S/C27H31F2N3O2/c1-27-12-10-19-18-5-3-6-22(29)20(18)8-9-21(19)26(27)16(14-23(27)32-34)4-2-7-25(33)31-24-15-17(28)11-13-30-24/h3,5-6,11,13,15-16,19,21,26,34H,2,4,7-10,12,14H2,1H3,(H,30,31,33)/b32-23+/t16-,19?,21?,26?,27-/m1/s1. The molecule has 3 aliphatic rings. The Morgan fingerprint density at radius 1 is 1.29 bits per heavy atom. The van der Waals surface area contributed by atoms with Gasteiger partial charge in [0, 0.05) is 24.1 Å². The van der Waals surface area contributed by atoms with Crippen molar-refractivity contribution in [3.63, 3.8) is 0 Å². The van der Waals surface area contributed by atoms with Crippen molar-refractivity contribution >= 4 is 17.4 Å². The molecular formula is C27H31F2N3O2. The van der Waals surface area contributed by atoms with Crippen LogP contribution in [0.3, 0.4) is 0 Å². The van der Waals surface area contributed by atoms with Gasteiger partial charge in [0.15, 0.2) is 0 Å². The molecule has 3 unspecified atom stereocenters. The van der Waals surface area contributed by atoms with Gasteiger partial charge in [-0.1, -0.05) is 24.2 Å². The van der Waals surface area contributed by atoms with Crippen molar-refractivity contribution in [3.8, 4) is 0 Å². The van der Waals surface area contributed by atoms with Crippen molar-refractivity contribution in [3.05, 3.63) is 59.3 Å². The molecule has 1 aromatic heterocycles. The highest BCUT2D eigenvalue weighted by Gasteiger charge is 2.57. The van der Waals surface area contributed by atoms with Crippen LogP contribution in [-0.4, -0.2) is 21.8 Å². The summed E-state index contributed by atoms with van der Waals surface area (Å²) in [6.07, 6.45) is 7.53. The normalized spacial score (nSPS) is 31.0. The molecule has 2 fully saturated rings. The molecule has 2 N–H and O–H groups in total. The topological polar surface area (TPSA) is 74.6 Å². The summed E-state index contributed by atoms with van der Waals surface area (Å²) in [4.78, 5) is 16.4. The van der Waals surface area contributed by atoms with Gasteiger partial charge < -0.3 is 10.5 Å². The molecule has 1 heterocycles. The number of carbonyl (C=O) groups is 1. The van der Waals surface area contributed by atoms with E-state index in [2.05, 4.69) is 28.4 Å². The lowest BCUT2D eigenvalue weighted by molar-refractivity contribution is -0.116. The SMILES string of the molecule is C[C@]12CCC3c4cccc(F)c4CCC3C1[C@H](CCCC(=O)Nc1cc(F)ccn1)C/C2=N\O. The number of carbonyl (C=O) groups excluding carboxylic acids is 1. The van der Waals surface area contributed by atoms with Gasteiger partial charge in [0.1, 0.15) is 17.5 Å². The van der Waals surface area contributed by atoms with E-state index in [9.17, 15) is 18.8 Å². The van der Waals surface area contributed by atoms with Crippen LogP contribution in [0.2, 0.25) is 0 Å². The number of halogens is 2. The summed E-state index contributed by atoms with van der Waals surface area (Å²) < 4.78 is 27.8. The molecule has 5 rings (SSSR count). The van der Waals surface area contributed by atoms with E-state index in [1.54, 1.807) is 6.07 Å². The summed E-state index contributed by atoms with van der Waals surface area (Å²) in [6.45, 7) is 2.23. The molecule has 5 nitrogen and oxygen atoms in total. The van der Waals surface area contributed by atoms with Crippen molar-refractivity contribution in [1.82, 2.24) is 4.98 Å². The maximum atomic E-state index is 14.5. The zero-order valence-electron chi connectivity index (χ0n) is 19.4. The number of pyridine rings is 1. The Balaban J connectivity index is 1.30. The van der Waals surface area contributed by atoms with Gasteiger partial charge in [-0.15, -0.1) is 0 Å². The molecule has 7 heteroatoms. The van der Waals surface area contributed by atoms with Crippen LogP contribution in [0.4, 0.5) is 14.6 Å². The molecule has 0 aliphatic heterocycles. The lowest BCUT2D eigenvalue weighted by Gasteiger charge is -2.50. The predicted octanol–water partition coefficient (Wildman–Crippen LogP) is 6.08. The van der Waals surface area contributed by atoms with E-state index >= 15 is 0 Å². The number of amides is 1. The molecule has 1 amide bonds. The summed E-state index contributed by atoms with van der Waals surface area (Å²) in [5.74, 6) is 0.925. The fraction of sp³-hybridized carbons (Fsp3) is 0.519. The molecular weight excluding hydrogens is 436 g/mol. The zero-order valence-corrected chi connectivity index (χ0v) is 19.4. The van der Waals surface area contributed by atoms with Crippen molar-refractivity contribution in [2.45, 2.75) is 64.2 Å². The van der Waals surface area contributed by atoms with Crippen molar-refractivity contribution in [1.29, 1.82) is 0 Å². The smallest absolute Gasteiger partial charge is 0.225 e. The minimum Gasteiger partial charge on any atom is -0.411 e. The average Bonchev–Trinajstić information content (AvgIpc) is 3.11. The Hall–Kier alpha value is -2.83. The number of anilines is 1. The van der Waals surface area contributed by atoms with Gasteiger partial charge in [-0.05, 0) is 91.9 Å². The average molecular weight is 468 g/mol. The summed E-state index contributed by atoms with van der Waals surface area (Å²) in [5, 5.41) is 16.2. The Labute approximate surface area is 198 Å². The third-order valence-electron chi connectivity index (χ3n) is 8.68. The number of nitrogens with one attached hydrogen (secondary N) is 1. The molecule has 1 aromatic carbocycles. The van der Waals surface area contributed by atoms with Crippen LogP contribution in [0, 0.1) is 34.8 Å². The van der Waals surface area contributed by atoms with Gasteiger partial charge >= 0.3 is 0 Å². The van der Waals surface area contributed by atoms with Crippen LogP contribution < -0.4 is 5.32 Å². The fourth-order valence-corrected chi connectivity index (χ4v) is 7.28. The third kappa shape index (κ3) is 3.99. The quantitative estimate of drug-likeness (QED) is 0.413. The maximum Gasteiger partial charge on any atom is 0.225 e. The van der Waals surface area contributed by atoms with E-state index in [-0.39, 0.29) is 23.0 Å². The molecule has 0 spiro atoms. The Kier molecular flexibility index (Phi) is 6.13. The van der Waals surface area contributed by atoms with Crippen LogP contribution in [0.1, 0.15) is 68.9 Å². The predicted molar refractivity (Wildman–Crippen MR) is 126 cm³/mol. The van der Waals surface area contributed by atoms with Gasteiger partial charge in [0.2, 0.25) is 5.91 Å². The molecule has 0 saturated heterocycles. The summed E-state index contributed by atoms with van der Waals surface area (Å²) in [6, 6.07) is 7.92. The molecule has 2 aromatic rings. The van der Waals surface area contributed by atoms with Crippen molar-refractivity contribution in [2.24, 2.45) is 28.3 Å². The number of benzene rings is 1. The first kappa shape index (κ1) is 22.9. The van der Waals surface area contributed by atoms with E-state index < -0.39 is 5.82 Å². The Bertz CT molecular complexity index is 1120. The molecule has 34 heavy (non-hydrogen) atoms. The lowest BCUT2D eigenvalue weighted by atomic mass is 9.54. The van der Waals surface area contributed by atoms with E-state index in [0.29, 0.717) is 36.5 Å².